The molecule has 1 fully saturated rings. The summed E-state index contributed by atoms with van der Waals surface area (Å²) in [4.78, 5) is 40.6. The number of carbonyl (C=O) groups excluding carboxylic acids is 3. The highest BCUT2D eigenvalue weighted by Gasteiger charge is 2.48. The van der Waals surface area contributed by atoms with Gasteiger partial charge in [0.1, 0.15) is 16.8 Å². The smallest absolute Gasteiger partial charge is 0.307 e. The molecule has 2 aliphatic heterocycles. The number of methoxy groups -OCH3 is 2. The molecule has 0 saturated carbocycles. The molecule has 1 aromatic carbocycles. The summed E-state index contributed by atoms with van der Waals surface area (Å²) in [7, 11) is 5.93. The highest BCUT2D eigenvalue weighted by Crippen LogP contribution is 2.50. The van der Waals surface area contributed by atoms with Crippen LogP contribution in [0, 0.1) is 11.3 Å². The Morgan fingerprint density at radius 2 is 2.03 bits per heavy atom. The molecule has 0 aromatic heterocycles. The molecule has 1 aromatic rings. The van der Waals surface area contributed by atoms with E-state index in [0.717, 1.165) is 11.8 Å². The van der Waals surface area contributed by atoms with Gasteiger partial charge >= 0.3 is 5.97 Å². The minimum atomic E-state index is -0.810. The van der Waals surface area contributed by atoms with Crippen LogP contribution in [-0.4, -0.2) is 61.1 Å². The zero-order chi connectivity index (χ0) is 22.9. The third-order valence-corrected chi connectivity index (χ3v) is 6.32. The van der Waals surface area contributed by atoms with Gasteiger partial charge in [0.25, 0.3) is 5.91 Å². The summed E-state index contributed by atoms with van der Waals surface area (Å²) in [5.41, 5.74) is 7.22. The van der Waals surface area contributed by atoms with Crippen molar-refractivity contribution in [1.29, 1.82) is 5.26 Å². The van der Waals surface area contributed by atoms with Crippen LogP contribution in [0.25, 0.3) is 0 Å². The van der Waals surface area contributed by atoms with Gasteiger partial charge in [-0.15, -0.1) is 0 Å². The van der Waals surface area contributed by atoms with E-state index in [0.29, 0.717) is 16.3 Å². The lowest BCUT2D eigenvalue weighted by atomic mass is 9.82. The van der Waals surface area contributed by atoms with Gasteiger partial charge < -0.3 is 20.1 Å². The molecular formula is C21H22N4O5S. The van der Waals surface area contributed by atoms with Crippen LogP contribution < -0.4 is 10.5 Å². The summed E-state index contributed by atoms with van der Waals surface area (Å²) < 4.78 is 9.99. The van der Waals surface area contributed by atoms with Crippen molar-refractivity contribution in [3.63, 3.8) is 0 Å². The van der Waals surface area contributed by atoms with E-state index in [4.69, 9.17) is 10.5 Å². The molecule has 2 N–H and O–H groups in total. The number of esters is 1. The average Bonchev–Trinajstić information content (AvgIpc) is 3.08. The molecule has 3 rings (SSSR count). The number of hydrogen-bond donors (Lipinski definition) is 1. The normalized spacial score (nSPS) is 20.4. The molecular weight excluding hydrogens is 420 g/mol. The molecule has 2 heterocycles. The number of benzene rings is 1. The molecule has 31 heavy (non-hydrogen) atoms. The van der Waals surface area contributed by atoms with Gasteiger partial charge in [-0.3, -0.25) is 19.3 Å². The molecule has 0 aliphatic carbocycles. The molecule has 9 nitrogen and oxygen atoms in total. The summed E-state index contributed by atoms with van der Waals surface area (Å²) in [6, 6.07) is 9.07. The lowest BCUT2D eigenvalue weighted by molar-refractivity contribution is -0.142. The molecule has 2 amide bonds. The van der Waals surface area contributed by atoms with E-state index < -0.39 is 23.0 Å². The molecule has 162 valence electrons. The number of rotatable bonds is 5. The summed E-state index contributed by atoms with van der Waals surface area (Å²) in [5, 5.41) is 9.44. The zero-order valence-electron chi connectivity index (χ0n) is 17.5. The molecule has 0 radical (unpaired) electrons. The van der Waals surface area contributed by atoms with E-state index in [1.165, 1.54) is 24.0 Å². The lowest BCUT2D eigenvalue weighted by Gasteiger charge is -2.33. The van der Waals surface area contributed by atoms with Gasteiger partial charge in [-0.05, 0) is 17.7 Å². The molecule has 2 aliphatic rings. The van der Waals surface area contributed by atoms with Gasteiger partial charge in [0, 0.05) is 14.1 Å². The second-order valence-corrected chi connectivity index (χ2v) is 8.29. The first kappa shape index (κ1) is 22.2. The molecule has 0 spiro atoms. The van der Waals surface area contributed by atoms with Crippen molar-refractivity contribution >= 4 is 29.5 Å². The number of nitriles is 1. The quantitative estimate of drug-likeness (QED) is 0.676. The molecule has 0 bridgehead atoms. The van der Waals surface area contributed by atoms with Crippen LogP contribution in [0.15, 0.2) is 46.3 Å². The van der Waals surface area contributed by atoms with Crippen molar-refractivity contribution in [2.45, 2.75) is 17.6 Å². The van der Waals surface area contributed by atoms with Gasteiger partial charge in [0.15, 0.2) is 0 Å². The average molecular weight is 442 g/mol. The fourth-order valence-electron chi connectivity index (χ4n) is 3.53. The first-order chi connectivity index (χ1) is 14.7. The minimum absolute atomic E-state index is 0.0505. The number of carbonyl (C=O) groups is 3. The first-order valence-electron chi connectivity index (χ1n) is 9.32. The highest BCUT2D eigenvalue weighted by molar-refractivity contribution is 8.04. The maximum absolute atomic E-state index is 13.3. The van der Waals surface area contributed by atoms with Gasteiger partial charge in [0.2, 0.25) is 5.91 Å². The maximum atomic E-state index is 13.3. The summed E-state index contributed by atoms with van der Waals surface area (Å²) >= 11 is 1.08. The van der Waals surface area contributed by atoms with E-state index in [1.807, 2.05) is 0 Å². The monoisotopic (exact) mass is 442 g/mol. The van der Waals surface area contributed by atoms with Crippen molar-refractivity contribution < 1.29 is 23.9 Å². The van der Waals surface area contributed by atoms with Crippen molar-refractivity contribution in [3.05, 3.63) is 51.8 Å². The van der Waals surface area contributed by atoms with E-state index in [1.54, 1.807) is 38.4 Å². The summed E-state index contributed by atoms with van der Waals surface area (Å²) in [6.45, 7) is 0. The van der Waals surface area contributed by atoms with Gasteiger partial charge in [-0.1, -0.05) is 23.9 Å². The summed E-state index contributed by atoms with van der Waals surface area (Å²) in [5.74, 6) is -1.69. The number of amides is 2. The number of allylic oxidation sites excluding steroid dienone is 1. The highest BCUT2D eigenvalue weighted by atomic mass is 32.2. The Morgan fingerprint density at radius 3 is 2.61 bits per heavy atom. The van der Waals surface area contributed by atoms with Crippen LogP contribution in [0.5, 0.6) is 5.75 Å². The maximum Gasteiger partial charge on any atom is 0.307 e. The van der Waals surface area contributed by atoms with Crippen LogP contribution in [0.2, 0.25) is 0 Å². The topological polar surface area (TPSA) is 126 Å². The fourth-order valence-corrected chi connectivity index (χ4v) is 4.85. The van der Waals surface area contributed by atoms with Gasteiger partial charge in [-0.25, -0.2) is 0 Å². The van der Waals surface area contributed by atoms with Crippen molar-refractivity contribution in [1.82, 2.24) is 9.80 Å². The van der Waals surface area contributed by atoms with Gasteiger partial charge in [0.05, 0.1) is 48.8 Å². The molecule has 10 heteroatoms. The Morgan fingerprint density at radius 1 is 1.32 bits per heavy atom. The van der Waals surface area contributed by atoms with Crippen molar-refractivity contribution in [2.75, 3.05) is 28.3 Å². The van der Waals surface area contributed by atoms with Gasteiger partial charge in [-0.2, -0.15) is 5.26 Å². The lowest BCUT2D eigenvalue weighted by Crippen LogP contribution is -2.40. The first-order valence-corrected chi connectivity index (χ1v) is 10.2. The Kier molecular flexibility index (Phi) is 6.27. The van der Waals surface area contributed by atoms with Crippen LogP contribution >= 0.6 is 11.8 Å². The van der Waals surface area contributed by atoms with E-state index in [9.17, 15) is 19.6 Å². The second-order valence-electron chi connectivity index (χ2n) is 7.10. The van der Waals surface area contributed by atoms with Crippen LogP contribution in [0.4, 0.5) is 0 Å². The van der Waals surface area contributed by atoms with E-state index in [2.05, 4.69) is 10.8 Å². The molecule has 0 unspecified atom stereocenters. The number of likely N-dealkylation sites (N-methyl/N-ethyl adjacent to an activating group) is 1. The third kappa shape index (κ3) is 3.84. The fraction of sp³-hybridized carbons (Fsp3) is 0.333. The Hall–Kier alpha value is -3.45. The van der Waals surface area contributed by atoms with E-state index in [-0.39, 0.29) is 29.3 Å². The number of nitrogens with zero attached hydrogens (tertiary/aromatic N) is 3. The van der Waals surface area contributed by atoms with Crippen molar-refractivity contribution in [3.8, 4) is 11.8 Å². The van der Waals surface area contributed by atoms with Crippen LogP contribution in [0.1, 0.15) is 17.9 Å². The second kappa shape index (κ2) is 8.73. The standard InChI is InChI=1S/C21H22N4O5S/c1-24(2)20(28)17-16(11-6-5-7-12(8-11)29-3)13(10-22)18(23)25-19(27)14(31-21(17)25)9-15(26)30-4/h5-8,14,16H,9,23H2,1-4H3/t14-,16+/m1/s1. The number of thioether (sulfide) groups is 1. The third-order valence-electron chi connectivity index (χ3n) is 5.04. The largest absolute Gasteiger partial charge is 0.497 e. The number of fused-ring (bicyclic) bond motifs is 1. The Bertz CT molecular complexity index is 1060. The zero-order valence-corrected chi connectivity index (χ0v) is 18.4. The van der Waals surface area contributed by atoms with Crippen molar-refractivity contribution in [2.24, 2.45) is 5.73 Å². The van der Waals surface area contributed by atoms with Crippen LogP contribution in [-0.2, 0) is 19.1 Å². The predicted octanol–water partition coefficient (Wildman–Crippen LogP) is 1.29. The Labute approximate surface area is 184 Å². The molecule has 1 saturated heterocycles. The SMILES string of the molecule is COC(=O)C[C@H]1SC2=C(C(=O)N(C)C)[C@@H](c3cccc(OC)c3)C(C#N)=C(N)N2C1=O. The number of hydrogen-bond acceptors (Lipinski definition) is 8. The number of nitrogens with two attached hydrogens (primary N) is 1. The van der Waals surface area contributed by atoms with E-state index >= 15 is 0 Å². The molecule has 2 atom stereocenters. The number of ether oxygens (including phenoxy) is 2. The summed E-state index contributed by atoms with van der Waals surface area (Å²) in [6.07, 6.45) is -0.178. The Balaban J connectivity index is 2.24. The predicted molar refractivity (Wildman–Crippen MR) is 113 cm³/mol. The minimum Gasteiger partial charge on any atom is -0.497 e. The van der Waals surface area contributed by atoms with Crippen LogP contribution in [0.3, 0.4) is 0 Å².